The molecule has 0 spiro atoms. The van der Waals surface area contributed by atoms with Crippen molar-refractivity contribution in [2.75, 3.05) is 6.54 Å². The van der Waals surface area contributed by atoms with Crippen LogP contribution in [0.1, 0.15) is 70.1 Å². The highest BCUT2D eigenvalue weighted by Crippen LogP contribution is 2.29. The molecule has 1 fully saturated rings. The van der Waals surface area contributed by atoms with Gasteiger partial charge in [-0.1, -0.05) is 82.4 Å². The van der Waals surface area contributed by atoms with Crippen LogP contribution in [0.25, 0.3) is 0 Å². The Hall–Kier alpha value is -2.81. The fraction of sp³-hybridized carbons (Fsp3) is 0.594. The monoisotopic (exact) mass is 551 g/mol. The van der Waals surface area contributed by atoms with Crippen LogP contribution in [0.5, 0.6) is 0 Å². The number of aliphatic hydroxyl groups is 1. The maximum atomic E-state index is 13.7. The SMILES string of the molecule is C=C[C@@H](C[C@H](O)[C@H](CC1CCCCC1)NC(=O)[C@H](Cc1cnc[nH]1)NCC(=O)[C@@H](N)Cc1ccccc1)C(C)C. The summed E-state index contributed by atoms with van der Waals surface area (Å²) in [5, 5.41) is 17.7. The van der Waals surface area contributed by atoms with E-state index in [4.69, 9.17) is 5.73 Å². The second-order valence-electron chi connectivity index (χ2n) is 11.8. The van der Waals surface area contributed by atoms with Gasteiger partial charge in [-0.05, 0) is 42.6 Å². The summed E-state index contributed by atoms with van der Waals surface area (Å²) in [6.45, 7) is 8.18. The third-order valence-corrected chi connectivity index (χ3v) is 8.31. The number of carbonyl (C=O) groups is 2. The van der Waals surface area contributed by atoms with E-state index in [1.807, 2.05) is 36.4 Å². The maximum Gasteiger partial charge on any atom is 0.237 e. The summed E-state index contributed by atoms with van der Waals surface area (Å²) in [7, 11) is 0. The van der Waals surface area contributed by atoms with Crippen LogP contribution >= 0.6 is 0 Å². The number of hydrogen-bond acceptors (Lipinski definition) is 6. The highest BCUT2D eigenvalue weighted by atomic mass is 16.3. The number of aromatic amines is 1. The molecule has 0 bridgehead atoms. The average molecular weight is 552 g/mol. The molecule has 1 saturated carbocycles. The number of ketones is 1. The van der Waals surface area contributed by atoms with Crippen LogP contribution in [-0.4, -0.2) is 57.5 Å². The summed E-state index contributed by atoms with van der Waals surface area (Å²) in [4.78, 5) is 33.7. The number of imidazole rings is 1. The number of hydrogen-bond donors (Lipinski definition) is 5. The molecular formula is C32H49N5O3. The number of H-pyrrole nitrogens is 1. The first-order chi connectivity index (χ1) is 19.3. The van der Waals surface area contributed by atoms with Gasteiger partial charge in [-0.15, -0.1) is 6.58 Å². The normalized spacial score (nSPS) is 18.0. The number of amides is 1. The van der Waals surface area contributed by atoms with Crippen LogP contribution < -0.4 is 16.4 Å². The molecule has 8 heteroatoms. The van der Waals surface area contributed by atoms with Crippen molar-refractivity contribution in [2.24, 2.45) is 23.5 Å². The van der Waals surface area contributed by atoms with Gasteiger partial charge in [0.05, 0.1) is 37.1 Å². The van der Waals surface area contributed by atoms with Gasteiger partial charge in [-0.2, -0.15) is 0 Å². The van der Waals surface area contributed by atoms with E-state index in [0.29, 0.717) is 31.1 Å². The molecule has 5 atom stereocenters. The number of nitrogens with zero attached hydrogens (tertiary/aromatic N) is 1. The smallest absolute Gasteiger partial charge is 0.237 e. The average Bonchev–Trinajstić information content (AvgIpc) is 3.47. The van der Waals surface area contributed by atoms with Gasteiger partial charge < -0.3 is 21.1 Å². The fourth-order valence-electron chi connectivity index (χ4n) is 5.67. The fourth-order valence-corrected chi connectivity index (χ4v) is 5.67. The molecule has 220 valence electrons. The van der Waals surface area contributed by atoms with Crippen LogP contribution in [0, 0.1) is 17.8 Å². The Morgan fingerprint density at radius 1 is 1.18 bits per heavy atom. The van der Waals surface area contributed by atoms with Crippen LogP contribution in [-0.2, 0) is 22.4 Å². The van der Waals surface area contributed by atoms with Gasteiger partial charge in [-0.3, -0.25) is 14.9 Å². The Morgan fingerprint density at radius 2 is 1.90 bits per heavy atom. The Kier molecular flexibility index (Phi) is 13.0. The summed E-state index contributed by atoms with van der Waals surface area (Å²) >= 11 is 0. The molecule has 1 heterocycles. The number of carbonyl (C=O) groups excluding carboxylic acids is 2. The molecule has 1 aromatic carbocycles. The highest BCUT2D eigenvalue weighted by molar-refractivity contribution is 5.87. The van der Waals surface area contributed by atoms with Crippen molar-refractivity contribution < 1.29 is 14.7 Å². The van der Waals surface area contributed by atoms with Gasteiger partial charge in [0.15, 0.2) is 5.78 Å². The Morgan fingerprint density at radius 3 is 2.52 bits per heavy atom. The highest BCUT2D eigenvalue weighted by Gasteiger charge is 2.31. The molecule has 0 unspecified atom stereocenters. The van der Waals surface area contributed by atoms with E-state index >= 15 is 0 Å². The van der Waals surface area contributed by atoms with Crippen molar-refractivity contribution in [1.29, 1.82) is 0 Å². The second-order valence-corrected chi connectivity index (χ2v) is 11.8. The lowest BCUT2D eigenvalue weighted by Gasteiger charge is -2.33. The first-order valence-corrected chi connectivity index (χ1v) is 14.9. The van der Waals surface area contributed by atoms with E-state index in [2.05, 4.69) is 41.0 Å². The lowest BCUT2D eigenvalue weighted by atomic mass is 9.81. The number of Topliss-reactive ketones (excluding diaryl/α,β-unsaturated/α-hetero) is 1. The molecule has 6 N–H and O–H groups in total. The zero-order chi connectivity index (χ0) is 28.9. The molecule has 1 aliphatic rings. The minimum Gasteiger partial charge on any atom is -0.391 e. The summed E-state index contributed by atoms with van der Waals surface area (Å²) in [6.07, 6.45) is 12.4. The quantitative estimate of drug-likeness (QED) is 0.190. The summed E-state index contributed by atoms with van der Waals surface area (Å²) in [6, 6.07) is 7.94. The van der Waals surface area contributed by atoms with Gasteiger partial charge in [0, 0.05) is 18.3 Å². The molecule has 1 aliphatic carbocycles. The van der Waals surface area contributed by atoms with Crippen molar-refractivity contribution >= 4 is 11.7 Å². The Labute approximate surface area is 239 Å². The van der Waals surface area contributed by atoms with Gasteiger partial charge in [0.1, 0.15) is 0 Å². The molecular weight excluding hydrogens is 502 g/mol. The molecule has 0 aliphatic heterocycles. The standard InChI is InChI=1S/C32H49N5O3/c1-4-25(22(2)3)17-30(38)28(16-24-13-9-6-10-14-24)37-32(40)29(18-26-19-34-21-36-26)35-20-31(39)27(33)15-23-11-7-5-8-12-23/h4-5,7-8,11-12,19,21-22,24-25,27-30,35,38H,1,6,9-10,13-18,20,33H2,2-3H3,(H,34,36)(H,37,40)/t25-,27-,28-,29-,30-/m0/s1. The van der Waals surface area contributed by atoms with Crippen LogP contribution in [0.2, 0.25) is 0 Å². The van der Waals surface area contributed by atoms with Crippen molar-refractivity contribution in [3.8, 4) is 0 Å². The number of aliphatic hydroxyl groups excluding tert-OH is 1. The van der Waals surface area contributed by atoms with Gasteiger partial charge in [-0.25, -0.2) is 4.98 Å². The summed E-state index contributed by atoms with van der Waals surface area (Å²) in [5.74, 6) is 0.586. The van der Waals surface area contributed by atoms with E-state index in [-0.39, 0.29) is 30.2 Å². The molecule has 8 nitrogen and oxygen atoms in total. The molecule has 0 radical (unpaired) electrons. The zero-order valence-corrected chi connectivity index (χ0v) is 24.2. The van der Waals surface area contributed by atoms with Gasteiger partial charge in [0.25, 0.3) is 0 Å². The Balaban J connectivity index is 1.69. The number of benzene rings is 1. The minimum absolute atomic E-state index is 0.0258. The predicted octanol–water partition coefficient (Wildman–Crippen LogP) is 3.71. The maximum absolute atomic E-state index is 13.7. The van der Waals surface area contributed by atoms with Crippen molar-refractivity contribution in [3.63, 3.8) is 0 Å². The lowest BCUT2D eigenvalue weighted by molar-refractivity contribution is -0.125. The van der Waals surface area contributed by atoms with Crippen molar-refractivity contribution in [3.05, 3.63) is 66.8 Å². The molecule has 1 amide bonds. The van der Waals surface area contributed by atoms with E-state index in [1.165, 1.54) is 19.3 Å². The second kappa shape index (κ2) is 16.5. The Bertz CT molecular complexity index is 1020. The van der Waals surface area contributed by atoms with Crippen LogP contribution in [0.4, 0.5) is 0 Å². The van der Waals surface area contributed by atoms with Crippen LogP contribution in [0.15, 0.2) is 55.5 Å². The summed E-state index contributed by atoms with van der Waals surface area (Å²) < 4.78 is 0. The lowest BCUT2D eigenvalue weighted by Crippen LogP contribution is -2.54. The number of allylic oxidation sites excluding steroid dienone is 1. The third-order valence-electron chi connectivity index (χ3n) is 8.31. The predicted molar refractivity (Wildman–Crippen MR) is 159 cm³/mol. The van der Waals surface area contributed by atoms with Gasteiger partial charge in [0.2, 0.25) is 5.91 Å². The number of rotatable bonds is 17. The molecule has 1 aromatic heterocycles. The van der Waals surface area contributed by atoms with Crippen LogP contribution in [0.3, 0.4) is 0 Å². The molecule has 2 aromatic rings. The number of aromatic nitrogens is 2. The third kappa shape index (κ3) is 10.3. The number of nitrogens with one attached hydrogen (secondary N) is 3. The first-order valence-electron chi connectivity index (χ1n) is 14.9. The zero-order valence-electron chi connectivity index (χ0n) is 24.2. The number of nitrogens with two attached hydrogens (primary N) is 1. The van der Waals surface area contributed by atoms with Crippen molar-refractivity contribution in [1.82, 2.24) is 20.6 Å². The largest absolute Gasteiger partial charge is 0.391 e. The molecule has 40 heavy (non-hydrogen) atoms. The van der Waals surface area contributed by atoms with E-state index in [9.17, 15) is 14.7 Å². The first kappa shape index (κ1) is 31.7. The topological polar surface area (TPSA) is 133 Å². The summed E-state index contributed by atoms with van der Waals surface area (Å²) in [5.41, 5.74) is 7.98. The minimum atomic E-state index is -0.690. The molecule has 0 saturated heterocycles. The molecule has 3 rings (SSSR count). The van der Waals surface area contributed by atoms with E-state index < -0.39 is 18.2 Å². The van der Waals surface area contributed by atoms with E-state index in [0.717, 1.165) is 30.5 Å². The van der Waals surface area contributed by atoms with E-state index in [1.54, 1.807) is 12.5 Å². The van der Waals surface area contributed by atoms with Crippen molar-refractivity contribution in [2.45, 2.75) is 95.9 Å². The van der Waals surface area contributed by atoms with Gasteiger partial charge >= 0.3 is 0 Å².